The van der Waals surface area contributed by atoms with Gasteiger partial charge in [0.2, 0.25) is 0 Å². The number of esters is 1. The highest BCUT2D eigenvalue weighted by molar-refractivity contribution is 7.80. The number of pyridine rings is 1. The molecule has 4 nitrogen and oxygen atoms in total. The molecule has 2 rings (SSSR count). The van der Waals surface area contributed by atoms with Crippen LogP contribution in [-0.2, 0) is 15.1 Å². The molecule has 110 valence electrons. The number of carbonyl (C=O) groups is 1. The van der Waals surface area contributed by atoms with Crippen LogP contribution in [0.25, 0.3) is 0 Å². The molecule has 1 fully saturated rings. The van der Waals surface area contributed by atoms with E-state index in [4.69, 9.17) is 4.74 Å². The van der Waals surface area contributed by atoms with Gasteiger partial charge in [-0.05, 0) is 44.7 Å². The lowest BCUT2D eigenvalue weighted by Gasteiger charge is -2.35. The zero-order chi connectivity index (χ0) is 14.8. The van der Waals surface area contributed by atoms with Crippen molar-refractivity contribution in [3.63, 3.8) is 0 Å². The molecule has 0 aromatic carbocycles. The van der Waals surface area contributed by atoms with Crippen LogP contribution in [0.3, 0.4) is 0 Å². The van der Waals surface area contributed by atoms with Gasteiger partial charge in [0.15, 0.2) is 0 Å². The minimum absolute atomic E-state index is 0.0475. The second-order valence-electron chi connectivity index (χ2n) is 5.86. The van der Waals surface area contributed by atoms with Crippen molar-refractivity contribution in [1.82, 2.24) is 4.98 Å². The molecule has 5 heteroatoms. The molecule has 1 aliphatic carbocycles. The third kappa shape index (κ3) is 2.99. The predicted molar refractivity (Wildman–Crippen MR) is 79.2 cm³/mol. The lowest BCUT2D eigenvalue weighted by Crippen LogP contribution is -2.72. The average Bonchev–Trinajstić information content (AvgIpc) is 2.47. The van der Waals surface area contributed by atoms with Crippen molar-refractivity contribution in [1.29, 1.82) is 0 Å². The Balaban J connectivity index is 2.09. The summed E-state index contributed by atoms with van der Waals surface area (Å²) in [5.74, 6) is 0.386. The Hall–Kier alpha value is -1.07. The maximum atomic E-state index is 11.6. The quantitative estimate of drug-likeness (QED) is 0.660. The molecule has 0 aliphatic heterocycles. The first-order chi connectivity index (χ1) is 9.46. The number of methoxy groups -OCH3 is 1. The van der Waals surface area contributed by atoms with Crippen LogP contribution in [0.1, 0.15) is 38.3 Å². The third-order valence-corrected chi connectivity index (χ3v) is 4.85. The molecule has 1 heterocycles. The van der Waals surface area contributed by atoms with E-state index in [9.17, 15) is 4.79 Å². The summed E-state index contributed by atoms with van der Waals surface area (Å²) in [7, 11) is 1.46. The van der Waals surface area contributed by atoms with Gasteiger partial charge in [0.05, 0.1) is 13.0 Å². The van der Waals surface area contributed by atoms with Gasteiger partial charge in [-0.15, -0.1) is 12.6 Å². The van der Waals surface area contributed by atoms with Crippen molar-refractivity contribution in [2.75, 3.05) is 7.11 Å². The summed E-state index contributed by atoms with van der Waals surface area (Å²) in [6.45, 7) is 2.12. The molecule has 1 unspecified atom stereocenters. The first-order valence-corrected chi connectivity index (χ1v) is 7.49. The second kappa shape index (κ2) is 6.14. The Labute approximate surface area is 125 Å². The monoisotopic (exact) mass is 295 g/mol. The van der Waals surface area contributed by atoms with Crippen LogP contribution in [0, 0.1) is 11.8 Å². The summed E-state index contributed by atoms with van der Waals surface area (Å²) in [6.07, 6.45) is 5.49. The number of rotatable bonds is 3. The molecule has 0 spiro atoms. The Bertz CT molecular complexity index is 483. The Morgan fingerprint density at radius 1 is 1.45 bits per heavy atom. The molecule has 0 bridgehead atoms. The van der Waals surface area contributed by atoms with Gasteiger partial charge in [-0.1, -0.05) is 0 Å². The fraction of sp³-hybridized carbons (Fsp3) is 0.600. The fourth-order valence-electron chi connectivity index (χ4n) is 3.16. The van der Waals surface area contributed by atoms with E-state index >= 15 is 0 Å². The van der Waals surface area contributed by atoms with E-state index in [-0.39, 0.29) is 17.4 Å². The summed E-state index contributed by atoms with van der Waals surface area (Å²) in [5.41, 5.74) is 5.07. The maximum Gasteiger partial charge on any atom is 0.308 e. The topological polar surface area (TPSA) is 66.8 Å². The van der Waals surface area contributed by atoms with Gasteiger partial charge in [0.1, 0.15) is 11.2 Å². The van der Waals surface area contributed by atoms with Crippen LogP contribution < -0.4 is 5.73 Å². The lowest BCUT2D eigenvalue weighted by atomic mass is 9.71. The van der Waals surface area contributed by atoms with Crippen LogP contribution in [-0.4, -0.2) is 18.1 Å². The standard InChI is InChI=1S/C15H22N2O2S/c1-15(16,13-12(20)4-3-9-17-13)11-7-5-10(6-8-11)14(18)19-2/h3-4,9-11,20H,5-8,16H2,1-2H3/p+1. The molecule has 1 saturated carbocycles. The van der Waals surface area contributed by atoms with Crippen LogP contribution in [0.4, 0.5) is 0 Å². The summed E-state index contributed by atoms with van der Waals surface area (Å²) in [6, 6.07) is 3.84. The number of hydrogen-bond acceptors (Lipinski definition) is 4. The first-order valence-electron chi connectivity index (χ1n) is 7.04. The van der Waals surface area contributed by atoms with Gasteiger partial charge < -0.3 is 10.5 Å². The normalized spacial score (nSPS) is 25.8. The molecule has 0 amide bonds. The van der Waals surface area contributed by atoms with Crippen LogP contribution in [0.2, 0.25) is 0 Å². The first kappa shape index (κ1) is 15.3. The molecule has 3 N–H and O–H groups in total. The number of quaternary nitrogens is 1. The SMILES string of the molecule is COC(=O)C1CCC(C(C)([NH3+])c2ncccc2S)CC1. The third-order valence-electron chi connectivity index (χ3n) is 4.49. The van der Waals surface area contributed by atoms with Gasteiger partial charge in [-0.25, -0.2) is 0 Å². The highest BCUT2D eigenvalue weighted by Gasteiger charge is 2.41. The van der Waals surface area contributed by atoms with E-state index in [0.29, 0.717) is 5.92 Å². The summed E-state index contributed by atoms with van der Waals surface area (Å²) in [4.78, 5) is 16.9. The zero-order valence-corrected chi connectivity index (χ0v) is 13.0. The predicted octanol–water partition coefficient (Wildman–Crippen LogP) is 1.81. The van der Waals surface area contributed by atoms with Gasteiger partial charge >= 0.3 is 5.97 Å². The van der Waals surface area contributed by atoms with Gasteiger partial charge in [-0.2, -0.15) is 0 Å². The van der Waals surface area contributed by atoms with Gasteiger partial charge in [-0.3, -0.25) is 9.78 Å². The largest absolute Gasteiger partial charge is 0.469 e. The molecule has 1 aromatic rings. The van der Waals surface area contributed by atoms with Crippen molar-refractivity contribution in [2.24, 2.45) is 11.8 Å². The Morgan fingerprint density at radius 2 is 2.10 bits per heavy atom. The van der Waals surface area contributed by atoms with Crippen LogP contribution in [0.15, 0.2) is 23.2 Å². The molecule has 1 aliphatic rings. The van der Waals surface area contributed by atoms with E-state index in [1.54, 1.807) is 6.20 Å². The van der Waals surface area contributed by atoms with E-state index in [0.717, 1.165) is 36.3 Å². The minimum Gasteiger partial charge on any atom is -0.469 e. The molecule has 1 aromatic heterocycles. The van der Waals surface area contributed by atoms with E-state index in [1.807, 2.05) is 12.1 Å². The van der Waals surface area contributed by atoms with E-state index < -0.39 is 0 Å². The molecular formula is C15H23N2O2S+. The van der Waals surface area contributed by atoms with Gasteiger partial charge in [0, 0.05) is 17.0 Å². The number of nitrogens with zero attached hydrogens (tertiary/aromatic N) is 1. The Kier molecular flexibility index (Phi) is 4.70. The van der Waals surface area contributed by atoms with Crippen molar-refractivity contribution >= 4 is 18.6 Å². The zero-order valence-electron chi connectivity index (χ0n) is 12.1. The molecule has 0 saturated heterocycles. The number of ether oxygens (including phenoxy) is 1. The highest BCUT2D eigenvalue weighted by Crippen LogP contribution is 2.39. The maximum absolute atomic E-state index is 11.6. The fourth-order valence-corrected chi connectivity index (χ4v) is 3.56. The van der Waals surface area contributed by atoms with E-state index in [2.05, 4.69) is 30.3 Å². The number of aromatic nitrogens is 1. The summed E-state index contributed by atoms with van der Waals surface area (Å²) >= 11 is 4.50. The number of thiol groups is 1. The van der Waals surface area contributed by atoms with Gasteiger partial charge in [0.25, 0.3) is 0 Å². The molecule has 1 atom stereocenters. The van der Waals surface area contributed by atoms with Crippen molar-refractivity contribution in [2.45, 2.75) is 43.0 Å². The highest BCUT2D eigenvalue weighted by atomic mass is 32.1. The van der Waals surface area contributed by atoms with Crippen LogP contribution in [0.5, 0.6) is 0 Å². The number of hydrogen-bond donors (Lipinski definition) is 2. The summed E-state index contributed by atoms with van der Waals surface area (Å²) < 4.78 is 4.84. The smallest absolute Gasteiger partial charge is 0.308 e. The molecule has 20 heavy (non-hydrogen) atoms. The second-order valence-corrected chi connectivity index (χ2v) is 6.34. The molecule has 0 radical (unpaired) electrons. The van der Waals surface area contributed by atoms with Crippen LogP contribution >= 0.6 is 12.6 Å². The average molecular weight is 295 g/mol. The minimum atomic E-state index is -0.264. The van der Waals surface area contributed by atoms with Crippen molar-refractivity contribution in [3.8, 4) is 0 Å². The summed E-state index contributed by atoms with van der Waals surface area (Å²) in [5, 5.41) is 0. The van der Waals surface area contributed by atoms with E-state index in [1.165, 1.54) is 7.11 Å². The molecular weight excluding hydrogens is 272 g/mol. The van der Waals surface area contributed by atoms with Crippen molar-refractivity contribution < 1.29 is 15.3 Å². The Morgan fingerprint density at radius 3 is 2.65 bits per heavy atom. The lowest BCUT2D eigenvalue weighted by molar-refractivity contribution is -0.500. The van der Waals surface area contributed by atoms with Crippen molar-refractivity contribution in [3.05, 3.63) is 24.0 Å². The number of carbonyl (C=O) groups excluding carboxylic acids is 1.